The lowest BCUT2D eigenvalue weighted by atomic mass is 10.2. The van der Waals surface area contributed by atoms with Gasteiger partial charge in [-0.15, -0.1) is 0 Å². The summed E-state index contributed by atoms with van der Waals surface area (Å²) in [4.78, 5) is 15.5. The van der Waals surface area contributed by atoms with Crippen LogP contribution in [0.3, 0.4) is 0 Å². The van der Waals surface area contributed by atoms with Gasteiger partial charge in [0.2, 0.25) is 0 Å². The van der Waals surface area contributed by atoms with E-state index in [0.29, 0.717) is 12.1 Å². The number of carbonyl (C=O) groups is 1. The van der Waals surface area contributed by atoms with E-state index in [9.17, 15) is 4.79 Å². The lowest BCUT2D eigenvalue weighted by Gasteiger charge is -2.10. The van der Waals surface area contributed by atoms with E-state index in [1.54, 1.807) is 12.1 Å². The van der Waals surface area contributed by atoms with E-state index in [1.165, 1.54) is 13.3 Å². The number of benzene rings is 1. The summed E-state index contributed by atoms with van der Waals surface area (Å²) >= 11 is 6.97. The number of carbonyl (C=O) groups excluding carboxylic acids is 1. The highest BCUT2D eigenvalue weighted by Gasteiger charge is 2.07. The maximum Gasteiger partial charge on any atom is 0.339 e. The average Bonchev–Trinajstić information content (AvgIpc) is 2.46. The molecule has 104 valence electrons. The molecular weight excluding hydrogens is 388 g/mol. The van der Waals surface area contributed by atoms with Gasteiger partial charge in [0.15, 0.2) is 0 Å². The number of rotatable bonds is 4. The average molecular weight is 400 g/mol. The van der Waals surface area contributed by atoms with Gasteiger partial charge in [0.25, 0.3) is 0 Å². The zero-order chi connectivity index (χ0) is 14.5. The number of ether oxygens (including phenoxy) is 1. The third-order valence-electron chi connectivity index (χ3n) is 2.65. The van der Waals surface area contributed by atoms with Crippen LogP contribution in [-0.4, -0.2) is 18.1 Å². The van der Waals surface area contributed by atoms with E-state index in [2.05, 4.69) is 46.9 Å². The van der Waals surface area contributed by atoms with E-state index in [4.69, 9.17) is 0 Å². The molecule has 4 nitrogen and oxygen atoms in total. The molecule has 0 aliphatic carbocycles. The number of pyridine rings is 1. The minimum atomic E-state index is -0.384. The van der Waals surface area contributed by atoms with Crippen molar-refractivity contribution >= 4 is 43.5 Å². The van der Waals surface area contributed by atoms with Gasteiger partial charge < -0.3 is 10.1 Å². The molecule has 0 atom stereocenters. The largest absolute Gasteiger partial charge is 0.465 e. The van der Waals surface area contributed by atoms with Crippen LogP contribution in [0.4, 0.5) is 5.69 Å². The molecule has 0 aliphatic heterocycles. The SMILES string of the molecule is COC(=O)c1ccc(CNc2c(Br)cccc2Br)nc1. The van der Waals surface area contributed by atoms with Gasteiger partial charge in [-0.1, -0.05) is 6.07 Å². The Balaban J connectivity index is 2.06. The maximum atomic E-state index is 11.3. The second-order valence-corrected chi connectivity index (χ2v) is 5.69. The van der Waals surface area contributed by atoms with Gasteiger partial charge in [0.05, 0.1) is 30.6 Å². The van der Waals surface area contributed by atoms with Crippen LogP contribution in [0.25, 0.3) is 0 Å². The van der Waals surface area contributed by atoms with Gasteiger partial charge in [-0.05, 0) is 56.1 Å². The van der Waals surface area contributed by atoms with Crippen LogP contribution < -0.4 is 5.32 Å². The van der Waals surface area contributed by atoms with Gasteiger partial charge in [-0.25, -0.2) is 4.79 Å². The van der Waals surface area contributed by atoms with Crippen molar-refractivity contribution in [3.63, 3.8) is 0 Å². The van der Waals surface area contributed by atoms with Gasteiger partial charge in [0.1, 0.15) is 0 Å². The standard InChI is InChI=1S/C14H12Br2N2O2/c1-20-14(19)9-5-6-10(17-7-9)8-18-13-11(15)3-2-4-12(13)16/h2-7,18H,8H2,1H3. The van der Waals surface area contributed by atoms with Crippen molar-refractivity contribution in [3.8, 4) is 0 Å². The molecule has 0 amide bonds. The first-order valence-electron chi connectivity index (χ1n) is 5.83. The highest BCUT2D eigenvalue weighted by atomic mass is 79.9. The van der Waals surface area contributed by atoms with Gasteiger partial charge in [-0.3, -0.25) is 4.98 Å². The molecule has 0 fully saturated rings. The molecule has 1 aromatic heterocycles. The molecule has 0 aliphatic rings. The number of methoxy groups -OCH3 is 1. The van der Waals surface area contributed by atoms with Crippen LogP contribution in [0.5, 0.6) is 0 Å². The van der Waals surface area contributed by atoms with Crippen LogP contribution in [0.1, 0.15) is 16.1 Å². The maximum absolute atomic E-state index is 11.3. The summed E-state index contributed by atoms with van der Waals surface area (Å²) in [5, 5.41) is 3.29. The zero-order valence-corrected chi connectivity index (χ0v) is 13.9. The normalized spacial score (nSPS) is 10.2. The topological polar surface area (TPSA) is 51.2 Å². The van der Waals surface area contributed by atoms with Crippen molar-refractivity contribution in [1.82, 2.24) is 4.98 Å². The molecule has 0 spiro atoms. The number of hydrogen-bond donors (Lipinski definition) is 1. The number of esters is 1. The van der Waals surface area contributed by atoms with Gasteiger partial charge in [-0.2, -0.15) is 0 Å². The first-order chi connectivity index (χ1) is 9.61. The van der Waals surface area contributed by atoms with Crippen LogP contribution >= 0.6 is 31.9 Å². The monoisotopic (exact) mass is 398 g/mol. The Labute approximate surface area is 133 Å². The van der Waals surface area contributed by atoms with E-state index in [-0.39, 0.29) is 5.97 Å². The lowest BCUT2D eigenvalue weighted by Crippen LogP contribution is -2.05. The number of nitrogens with zero attached hydrogens (tertiary/aromatic N) is 1. The second-order valence-electron chi connectivity index (χ2n) is 3.98. The first-order valence-corrected chi connectivity index (χ1v) is 7.41. The Kier molecular flexibility index (Phi) is 5.14. The molecule has 0 saturated heterocycles. The van der Waals surface area contributed by atoms with E-state index >= 15 is 0 Å². The zero-order valence-electron chi connectivity index (χ0n) is 10.7. The quantitative estimate of drug-likeness (QED) is 0.789. The molecule has 0 radical (unpaired) electrons. The minimum absolute atomic E-state index is 0.384. The predicted molar refractivity (Wildman–Crippen MR) is 84.7 cm³/mol. The Bertz CT molecular complexity index is 595. The van der Waals surface area contributed by atoms with Gasteiger partial charge >= 0.3 is 5.97 Å². The van der Waals surface area contributed by atoms with Crippen molar-refractivity contribution in [3.05, 3.63) is 56.7 Å². The lowest BCUT2D eigenvalue weighted by molar-refractivity contribution is 0.0600. The Morgan fingerprint density at radius 2 is 1.95 bits per heavy atom. The number of para-hydroxylation sites is 1. The third-order valence-corrected chi connectivity index (χ3v) is 3.98. The smallest absolute Gasteiger partial charge is 0.339 e. The summed E-state index contributed by atoms with van der Waals surface area (Å²) in [7, 11) is 1.35. The summed E-state index contributed by atoms with van der Waals surface area (Å²) in [6.45, 7) is 0.558. The highest BCUT2D eigenvalue weighted by molar-refractivity contribution is 9.11. The van der Waals surface area contributed by atoms with Crippen molar-refractivity contribution in [2.75, 3.05) is 12.4 Å². The summed E-state index contributed by atoms with van der Waals surface area (Å²) in [6, 6.07) is 9.36. The molecule has 2 rings (SSSR count). The summed E-state index contributed by atoms with van der Waals surface area (Å²) in [6.07, 6.45) is 1.51. The van der Waals surface area contributed by atoms with Crippen molar-refractivity contribution < 1.29 is 9.53 Å². The van der Waals surface area contributed by atoms with Crippen LogP contribution in [0, 0.1) is 0 Å². The number of halogens is 2. The van der Waals surface area contributed by atoms with Crippen LogP contribution in [0.2, 0.25) is 0 Å². The molecule has 0 bridgehead atoms. The van der Waals surface area contributed by atoms with Crippen molar-refractivity contribution in [1.29, 1.82) is 0 Å². The van der Waals surface area contributed by atoms with Gasteiger partial charge in [0, 0.05) is 15.1 Å². The highest BCUT2D eigenvalue weighted by Crippen LogP contribution is 2.30. The summed E-state index contributed by atoms with van der Waals surface area (Å²) in [5.74, 6) is -0.384. The fourth-order valence-electron chi connectivity index (χ4n) is 1.61. The molecule has 2 aromatic rings. The molecule has 6 heteroatoms. The Hall–Kier alpha value is -1.40. The van der Waals surface area contributed by atoms with Crippen molar-refractivity contribution in [2.45, 2.75) is 6.54 Å². The molecule has 1 heterocycles. The van der Waals surface area contributed by atoms with E-state index in [0.717, 1.165) is 20.3 Å². The molecule has 1 N–H and O–H groups in total. The third kappa shape index (κ3) is 3.58. The predicted octanol–water partition coefficient (Wildman–Crippen LogP) is 4.01. The van der Waals surface area contributed by atoms with E-state index in [1.807, 2.05) is 18.2 Å². The Morgan fingerprint density at radius 1 is 1.25 bits per heavy atom. The van der Waals surface area contributed by atoms with Crippen LogP contribution in [-0.2, 0) is 11.3 Å². The number of anilines is 1. The fraction of sp³-hybridized carbons (Fsp3) is 0.143. The minimum Gasteiger partial charge on any atom is -0.465 e. The number of aromatic nitrogens is 1. The molecule has 1 aromatic carbocycles. The first kappa shape index (κ1) is 15.0. The molecule has 0 saturated carbocycles. The molecule has 0 unspecified atom stereocenters. The molecular formula is C14H12Br2N2O2. The van der Waals surface area contributed by atoms with Crippen molar-refractivity contribution in [2.24, 2.45) is 0 Å². The number of nitrogens with one attached hydrogen (secondary N) is 1. The van der Waals surface area contributed by atoms with Crippen LogP contribution in [0.15, 0.2) is 45.5 Å². The summed E-state index contributed by atoms with van der Waals surface area (Å²) < 4.78 is 6.57. The van der Waals surface area contributed by atoms with E-state index < -0.39 is 0 Å². The fourth-order valence-corrected chi connectivity index (χ4v) is 2.89. The Morgan fingerprint density at radius 3 is 2.50 bits per heavy atom. The molecule has 20 heavy (non-hydrogen) atoms. The summed E-state index contributed by atoms with van der Waals surface area (Å²) in [5.41, 5.74) is 2.24. The second kappa shape index (κ2) is 6.85. The number of hydrogen-bond acceptors (Lipinski definition) is 4.